The van der Waals surface area contributed by atoms with Gasteiger partial charge >= 0.3 is 5.97 Å². The Hall–Kier alpha value is -1.44. The van der Waals surface area contributed by atoms with Crippen LogP contribution in [0.2, 0.25) is 0 Å². The van der Waals surface area contributed by atoms with Gasteiger partial charge in [-0.3, -0.25) is 0 Å². The molecule has 0 amide bonds. The number of carboxylic acid groups (broad SMARTS) is 1. The molecule has 7 heteroatoms. The number of aliphatic hydroxyl groups is 1. The van der Waals surface area contributed by atoms with Gasteiger partial charge in [-0.15, -0.1) is 11.8 Å². The van der Waals surface area contributed by atoms with E-state index in [0.717, 1.165) is 0 Å². The fourth-order valence-electron chi connectivity index (χ4n) is 1.79. The van der Waals surface area contributed by atoms with Crippen molar-refractivity contribution >= 4 is 23.4 Å². The number of carboxylic acids is 1. The molecule has 1 aromatic carbocycles. The molecule has 1 heterocycles. The fourth-order valence-corrected chi connectivity index (χ4v) is 3.03. The third-order valence-electron chi connectivity index (χ3n) is 2.76. The monoisotopic (exact) mass is 270 g/mol. The maximum atomic E-state index is 10.9. The van der Waals surface area contributed by atoms with Crippen molar-refractivity contribution in [2.45, 2.75) is 17.0 Å². The molecule has 1 unspecified atom stereocenters. The molecule has 2 rings (SSSR count). The van der Waals surface area contributed by atoms with Crippen LogP contribution in [0.3, 0.4) is 0 Å². The first-order chi connectivity index (χ1) is 8.54. The molecule has 0 saturated heterocycles. The van der Waals surface area contributed by atoms with Gasteiger partial charge in [0.25, 0.3) is 0 Å². The first kappa shape index (κ1) is 13.0. The lowest BCUT2D eigenvalue weighted by Crippen LogP contribution is -2.34. The fraction of sp³-hybridized carbons (Fsp3) is 0.364. The number of fused-ring (bicyclic) bond motifs is 1. The first-order valence-corrected chi connectivity index (χ1v) is 6.39. The first-order valence-electron chi connectivity index (χ1n) is 5.40. The average Bonchev–Trinajstić information content (AvgIpc) is 2.38. The second-order valence-electron chi connectivity index (χ2n) is 3.98. The zero-order chi connectivity index (χ0) is 13.3. The van der Waals surface area contributed by atoms with E-state index in [4.69, 9.17) is 10.8 Å². The lowest BCUT2D eigenvalue weighted by molar-refractivity contribution is -0.137. The molecule has 0 bridgehead atoms. The second-order valence-corrected chi connectivity index (χ2v) is 5.01. The molecular formula is C11H14N2O4S. The van der Waals surface area contributed by atoms with Crippen LogP contribution in [0.15, 0.2) is 17.0 Å². The molecule has 98 valence electrons. The highest BCUT2D eigenvalue weighted by atomic mass is 32.2. The zero-order valence-corrected chi connectivity index (χ0v) is 10.3. The van der Waals surface area contributed by atoms with E-state index in [2.05, 4.69) is 5.32 Å². The number of phenolic OH excluding ortho intramolecular Hbond substituents is 1. The maximum Gasteiger partial charge on any atom is 0.327 e. The van der Waals surface area contributed by atoms with E-state index in [1.165, 1.54) is 17.8 Å². The Balaban J connectivity index is 2.42. The number of aromatic hydroxyl groups is 1. The molecule has 6 N–H and O–H groups in total. The number of nitrogens with one attached hydrogen (secondary N) is 1. The predicted octanol–water partition coefficient (Wildman–Crippen LogP) is 0.355. The van der Waals surface area contributed by atoms with Crippen molar-refractivity contribution in [2.75, 3.05) is 17.6 Å². The minimum Gasteiger partial charge on any atom is -0.506 e. The van der Waals surface area contributed by atoms with E-state index in [-0.39, 0.29) is 12.3 Å². The number of phenols is 1. The summed E-state index contributed by atoms with van der Waals surface area (Å²) in [5.41, 5.74) is 6.37. The van der Waals surface area contributed by atoms with Crippen molar-refractivity contribution < 1.29 is 20.1 Å². The van der Waals surface area contributed by atoms with Crippen molar-refractivity contribution in [3.8, 4) is 5.75 Å². The Bertz CT molecular complexity index is 480. The van der Waals surface area contributed by atoms with Crippen molar-refractivity contribution in [3.63, 3.8) is 0 Å². The lowest BCUT2D eigenvalue weighted by Gasteiger charge is -2.27. The van der Waals surface area contributed by atoms with Gasteiger partial charge < -0.3 is 26.4 Å². The number of hydrogen-bond acceptors (Lipinski definition) is 6. The van der Waals surface area contributed by atoms with Crippen molar-refractivity contribution in [1.29, 1.82) is 0 Å². The van der Waals surface area contributed by atoms with Crippen LogP contribution in [-0.2, 0) is 4.79 Å². The van der Waals surface area contributed by atoms with Crippen LogP contribution < -0.4 is 11.1 Å². The van der Waals surface area contributed by atoms with Crippen LogP contribution in [0.25, 0.3) is 0 Å². The van der Waals surface area contributed by atoms with E-state index in [0.29, 0.717) is 21.9 Å². The summed E-state index contributed by atoms with van der Waals surface area (Å²) in [5.74, 6) is -0.676. The lowest BCUT2D eigenvalue weighted by atomic mass is 10.1. The van der Waals surface area contributed by atoms with Gasteiger partial charge in [0.2, 0.25) is 0 Å². The van der Waals surface area contributed by atoms with Crippen molar-refractivity contribution in [1.82, 2.24) is 0 Å². The van der Waals surface area contributed by atoms with Gasteiger partial charge in [-0.05, 0) is 11.6 Å². The maximum absolute atomic E-state index is 10.9. The number of aliphatic carboxylic acids is 1. The summed E-state index contributed by atoms with van der Waals surface area (Å²) in [5, 5.41) is 31.3. The minimum atomic E-state index is -0.975. The van der Waals surface area contributed by atoms with Gasteiger partial charge in [0.15, 0.2) is 0 Å². The highest BCUT2D eigenvalue weighted by molar-refractivity contribution is 7.99. The number of aliphatic hydroxyl groups excluding tert-OH is 1. The second kappa shape index (κ2) is 5.05. The standard InChI is InChI=1S/C11H14N2O4S/c12-3-8(15)5-1-2-7(14)9-10(5)18-4-6(13-9)11(16)17/h1-2,6,8,13-15H,3-4,12H2,(H,16,17)/t6-,8?/m0/s1. The predicted molar refractivity (Wildman–Crippen MR) is 67.9 cm³/mol. The van der Waals surface area contributed by atoms with Gasteiger partial charge in [-0.25, -0.2) is 4.79 Å². The molecule has 18 heavy (non-hydrogen) atoms. The molecule has 0 radical (unpaired) electrons. The van der Waals surface area contributed by atoms with E-state index < -0.39 is 18.1 Å². The van der Waals surface area contributed by atoms with Gasteiger partial charge in [-0.1, -0.05) is 6.07 Å². The number of benzene rings is 1. The molecule has 1 aliphatic rings. The van der Waals surface area contributed by atoms with E-state index >= 15 is 0 Å². The smallest absolute Gasteiger partial charge is 0.327 e. The number of carbonyl (C=O) groups is 1. The number of nitrogens with two attached hydrogens (primary N) is 1. The van der Waals surface area contributed by atoms with Crippen molar-refractivity contribution in [2.24, 2.45) is 5.73 Å². The zero-order valence-electron chi connectivity index (χ0n) is 9.46. The number of thioether (sulfide) groups is 1. The molecule has 1 aliphatic heterocycles. The van der Waals surface area contributed by atoms with E-state index in [1.807, 2.05) is 0 Å². The van der Waals surface area contributed by atoms with Crippen LogP contribution in [0.4, 0.5) is 5.69 Å². The van der Waals surface area contributed by atoms with E-state index in [9.17, 15) is 15.0 Å². The molecule has 0 spiro atoms. The summed E-state index contributed by atoms with van der Waals surface area (Å²) in [6.07, 6.45) is -0.824. The molecule has 1 aromatic rings. The quantitative estimate of drug-likeness (QED) is 0.503. The highest BCUT2D eigenvalue weighted by Gasteiger charge is 2.28. The third kappa shape index (κ3) is 2.24. The molecule has 2 atom stereocenters. The number of hydrogen-bond donors (Lipinski definition) is 5. The number of rotatable bonds is 3. The SMILES string of the molecule is NCC(O)c1ccc(O)c2c1SC[C@@H](C(=O)O)N2. The Morgan fingerprint density at radius 1 is 1.61 bits per heavy atom. The molecule has 0 aromatic heterocycles. The Labute approximate surface area is 108 Å². The molecule has 0 aliphatic carbocycles. The van der Waals surface area contributed by atoms with Crippen LogP contribution in [0, 0.1) is 0 Å². The van der Waals surface area contributed by atoms with Crippen LogP contribution in [-0.4, -0.2) is 39.6 Å². The van der Waals surface area contributed by atoms with Gasteiger partial charge in [0.05, 0.1) is 11.8 Å². The topological polar surface area (TPSA) is 116 Å². The Morgan fingerprint density at radius 3 is 2.94 bits per heavy atom. The molecule has 0 saturated carbocycles. The normalized spacial score (nSPS) is 19.8. The highest BCUT2D eigenvalue weighted by Crippen LogP contribution is 2.43. The summed E-state index contributed by atoms with van der Waals surface area (Å²) in [6.45, 7) is 0.0696. The molecule has 6 nitrogen and oxygen atoms in total. The van der Waals surface area contributed by atoms with Crippen LogP contribution in [0.1, 0.15) is 11.7 Å². The summed E-state index contributed by atoms with van der Waals surface area (Å²) in [4.78, 5) is 11.6. The largest absolute Gasteiger partial charge is 0.506 e. The number of anilines is 1. The third-order valence-corrected chi connectivity index (χ3v) is 3.99. The Kier molecular flexibility index (Phi) is 3.65. The van der Waals surface area contributed by atoms with Crippen molar-refractivity contribution in [3.05, 3.63) is 17.7 Å². The summed E-state index contributed by atoms with van der Waals surface area (Å²) in [6, 6.07) is 2.27. The molecule has 0 fully saturated rings. The Morgan fingerprint density at radius 2 is 2.33 bits per heavy atom. The summed E-state index contributed by atoms with van der Waals surface area (Å²) < 4.78 is 0. The summed E-state index contributed by atoms with van der Waals surface area (Å²) in [7, 11) is 0. The summed E-state index contributed by atoms with van der Waals surface area (Å²) >= 11 is 1.29. The molecular weight excluding hydrogens is 256 g/mol. The van der Waals surface area contributed by atoms with Gasteiger partial charge in [-0.2, -0.15) is 0 Å². The van der Waals surface area contributed by atoms with Crippen LogP contribution in [0.5, 0.6) is 5.75 Å². The van der Waals surface area contributed by atoms with Crippen LogP contribution >= 0.6 is 11.8 Å². The van der Waals surface area contributed by atoms with E-state index in [1.54, 1.807) is 6.07 Å². The van der Waals surface area contributed by atoms with Gasteiger partial charge in [0.1, 0.15) is 11.8 Å². The van der Waals surface area contributed by atoms with Gasteiger partial charge in [0, 0.05) is 17.2 Å². The average molecular weight is 270 g/mol. The minimum absolute atomic E-state index is 0.0311.